The maximum Gasteiger partial charge on any atom is 0.408 e. The molecule has 0 saturated carbocycles. The van der Waals surface area contributed by atoms with Crippen LogP contribution in [0.15, 0.2) is 24.3 Å². The Hall–Kier alpha value is -3.01. The number of nitrogens with zero attached hydrogens (tertiary/aromatic N) is 1. The van der Waals surface area contributed by atoms with E-state index in [4.69, 9.17) is 11.2 Å². The average Bonchev–Trinajstić information content (AvgIpc) is 2.89. The van der Waals surface area contributed by atoms with Gasteiger partial charge < -0.3 is 20.3 Å². The fourth-order valence-electron chi connectivity index (χ4n) is 4.29. The number of alkyl carbamates (subject to hydrolysis) is 1. The standard InChI is InChI=1S/C32H51N3O4/c1-9-13-15-17-23-35(30(37)27(24(5)11-3)34-31(38)39-32(6,7)8)28(29(36)33-22-16-14-10-2)26-20-18-25(12-4)19-21-26/h4,18-21,24,27-28H,9-11,13-17,22-23H2,1-3,5-8H3,(H,33,36)(H,34,38). The molecular weight excluding hydrogens is 490 g/mol. The van der Waals surface area contributed by atoms with Crippen molar-refractivity contribution >= 4 is 17.9 Å². The minimum absolute atomic E-state index is 0.166. The number of benzene rings is 1. The molecule has 0 radical (unpaired) electrons. The molecule has 7 heteroatoms. The molecule has 0 fully saturated rings. The predicted molar refractivity (Wildman–Crippen MR) is 158 cm³/mol. The molecule has 1 aromatic rings. The minimum Gasteiger partial charge on any atom is -0.444 e. The Bertz CT molecular complexity index is 930. The van der Waals surface area contributed by atoms with Gasteiger partial charge in [-0.05, 0) is 57.2 Å². The van der Waals surface area contributed by atoms with Gasteiger partial charge in [-0.2, -0.15) is 0 Å². The number of rotatable bonds is 16. The highest BCUT2D eigenvalue weighted by Crippen LogP contribution is 2.26. The Labute approximate surface area is 236 Å². The van der Waals surface area contributed by atoms with E-state index in [-0.39, 0.29) is 17.7 Å². The molecular formula is C32H51N3O4. The van der Waals surface area contributed by atoms with E-state index in [1.807, 2.05) is 26.0 Å². The first-order valence-corrected chi connectivity index (χ1v) is 14.6. The van der Waals surface area contributed by atoms with E-state index in [9.17, 15) is 14.4 Å². The number of hydrogen-bond donors (Lipinski definition) is 2. The molecule has 0 heterocycles. The van der Waals surface area contributed by atoms with Crippen molar-refractivity contribution in [3.63, 3.8) is 0 Å². The number of carbonyl (C=O) groups excluding carboxylic acids is 3. The van der Waals surface area contributed by atoms with Gasteiger partial charge in [0.1, 0.15) is 17.7 Å². The van der Waals surface area contributed by atoms with Crippen LogP contribution in [-0.2, 0) is 14.3 Å². The van der Waals surface area contributed by atoms with Gasteiger partial charge in [-0.15, -0.1) is 6.42 Å². The molecule has 0 bridgehead atoms. The van der Waals surface area contributed by atoms with Gasteiger partial charge in [-0.1, -0.05) is 84.3 Å². The molecule has 39 heavy (non-hydrogen) atoms. The number of ether oxygens (including phenoxy) is 1. The van der Waals surface area contributed by atoms with Crippen LogP contribution in [0.5, 0.6) is 0 Å². The van der Waals surface area contributed by atoms with E-state index in [0.717, 1.165) is 44.9 Å². The van der Waals surface area contributed by atoms with Crippen molar-refractivity contribution in [2.24, 2.45) is 5.92 Å². The molecule has 0 aliphatic rings. The molecule has 1 rings (SSSR count). The van der Waals surface area contributed by atoms with Crippen LogP contribution in [0, 0.1) is 18.3 Å². The zero-order chi connectivity index (χ0) is 29.4. The summed E-state index contributed by atoms with van der Waals surface area (Å²) >= 11 is 0. The lowest BCUT2D eigenvalue weighted by atomic mass is 9.95. The summed E-state index contributed by atoms with van der Waals surface area (Å²) in [5, 5.41) is 5.87. The normalized spacial score (nSPS) is 13.5. The molecule has 3 unspecified atom stereocenters. The molecule has 0 saturated heterocycles. The van der Waals surface area contributed by atoms with Gasteiger partial charge in [0, 0.05) is 18.7 Å². The summed E-state index contributed by atoms with van der Waals surface area (Å²) in [6, 6.07) is 5.53. The van der Waals surface area contributed by atoms with Crippen LogP contribution in [0.25, 0.3) is 0 Å². The zero-order valence-corrected chi connectivity index (χ0v) is 25.3. The van der Waals surface area contributed by atoms with Crippen LogP contribution in [0.3, 0.4) is 0 Å². The van der Waals surface area contributed by atoms with Gasteiger partial charge in [-0.25, -0.2) is 4.79 Å². The zero-order valence-electron chi connectivity index (χ0n) is 25.3. The van der Waals surface area contributed by atoms with E-state index >= 15 is 0 Å². The largest absolute Gasteiger partial charge is 0.444 e. The minimum atomic E-state index is -0.848. The second-order valence-electron chi connectivity index (χ2n) is 11.3. The molecule has 218 valence electrons. The van der Waals surface area contributed by atoms with Crippen LogP contribution in [0.2, 0.25) is 0 Å². The van der Waals surface area contributed by atoms with Crippen molar-refractivity contribution in [3.8, 4) is 12.3 Å². The van der Waals surface area contributed by atoms with Gasteiger partial charge in [0.05, 0.1) is 0 Å². The average molecular weight is 542 g/mol. The van der Waals surface area contributed by atoms with Crippen molar-refractivity contribution in [1.29, 1.82) is 0 Å². The third-order valence-corrected chi connectivity index (χ3v) is 6.72. The Morgan fingerprint density at radius 3 is 2.13 bits per heavy atom. The van der Waals surface area contributed by atoms with Gasteiger partial charge in [0.15, 0.2) is 0 Å². The highest BCUT2D eigenvalue weighted by atomic mass is 16.6. The van der Waals surface area contributed by atoms with Gasteiger partial charge in [0.25, 0.3) is 0 Å². The third kappa shape index (κ3) is 12.1. The SMILES string of the molecule is C#Cc1ccc(C(C(=O)NCCCCC)N(CCCCCC)C(=O)C(NC(=O)OC(C)(C)C)C(C)CC)cc1. The van der Waals surface area contributed by atoms with E-state index < -0.39 is 23.8 Å². The second kappa shape index (κ2) is 17.6. The van der Waals surface area contributed by atoms with Crippen LogP contribution >= 0.6 is 0 Å². The summed E-state index contributed by atoms with van der Waals surface area (Å²) in [5.74, 6) is 1.92. The van der Waals surface area contributed by atoms with Gasteiger partial charge in [-0.3, -0.25) is 9.59 Å². The Morgan fingerprint density at radius 2 is 1.59 bits per heavy atom. The molecule has 3 amide bonds. The lowest BCUT2D eigenvalue weighted by molar-refractivity contribution is -0.143. The second-order valence-corrected chi connectivity index (χ2v) is 11.3. The molecule has 0 aromatic heterocycles. The Kier molecular flexibility index (Phi) is 15.3. The fraction of sp³-hybridized carbons (Fsp3) is 0.656. The molecule has 0 aliphatic carbocycles. The van der Waals surface area contributed by atoms with Crippen molar-refractivity contribution in [2.45, 2.75) is 118 Å². The lowest BCUT2D eigenvalue weighted by Gasteiger charge is -2.36. The monoisotopic (exact) mass is 541 g/mol. The van der Waals surface area contributed by atoms with E-state index in [0.29, 0.717) is 30.6 Å². The number of unbranched alkanes of at least 4 members (excludes halogenated alkanes) is 5. The van der Waals surface area contributed by atoms with Crippen molar-refractivity contribution < 1.29 is 19.1 Å². The summed E-state index contributed by atoms with van der Waals surface area (Å²) in [4.78, 5) is 42.4. The van der Waals surface area contributed by atoms with Crippen LogP contribution < -0.4 is 10.6 Å². The number of amides is 3. The number of carbonyl (C=O) groups is 3. The first-order valence-electron chi connectivity index (χ1n) is 14.6. The molecule has 7 nitrogen and oxygen atoms in total. The number of hydrogen-bond acceptors (Lipinski definition) is 4. The topological polar surface area (TPSA) is 87.7 Å². The van der Waals surface area contributed by atoms with Gasteiger partial charge >= 0.3 is 6.09 Å². The number of nitrogens with one attached hydrogen (secondary N) is 2. The Morgan fingerprint density at radius 1 is 0.974 bits per heavy atom. The summed E-state index contributed by atoms with van der Waals surface area (Å²) in [6.45, 7) is 14.4. The molecule has 3 atom stereocenters. The Balaban J connectivity index is 3.48. The highest BCUT2D eigenvalue weighted by molar-refractivity contribution is 5.92. The fourth-order valence-corrected chi connectivity index (χ4v) is 4.29. The summed E-state index contributed by atoms with van der Waals surface area (Å²) < 4.78 is 5.48. The van der Waals surface area contributed by atoms with Crippen LogP contribution in [0.1, 0.15) is 117 Å². The maximum absolute atomic E-state index is 14.3. The van der Waals surface area contributed by atoms with E-state index in [1.165, 1.54) is 0 Å². The van der Waals surface area contributed by atoms with Crippen molar-refractivity contribution in [3.05, 3.63) is 35.4 Å². The summed E-state index contributed by atoms with van der Waals surface area (Å²) in [7, 11) is 0. The quantitative estimate of drug-likeness (QED) is 0.188. The summed E-state index contributed by atoms with van der Waals surface area (Å²) in [6.07, 6.45) is 12.3. The first-order chi connectivity index (χ1) is 18.5. The van der Waals surface area contributed by atoms with Crippen LogP contribution in [-0.4, -0.2) is 47.5 Å². The van der Waals surface area contributed by atoms with E-state index in [1.54, 1.807) is 37.8 Å². The molecule has 0 spiro atoms. The van der Waals surface area contributed by atoms with Gasteiger partial charge in [0.2, 0.25) is 11.8 Å². The van der Waals surface area contributed by atoms with Crippen LogP contribution in [0.4, 0.5) is 4.79 Å². The third-order valence-electron chi connectivity index (χ3n) is 6.72. The predicted octanol–water partition coefficient (Wildman–Crippen LogP) is 6.36. The molecule has 0 aliphatic heterocycles. The molecule has 1 aromatic carbocycles. The smallest absolute Gasteiger partial charge is 0.408 e. The highest BCUT2D eigenvalue weighted by Gasteiger charge is 2.37. The van der Waals surface area contributed by atoms with E-state index in [2.05, 4.69) is 30.4 Å². The van der Waals surface area contributed by atoms with Crippen molar-refractivity contribution in [2.75, 3.05) is 13.1 Å². The summed E-state index contributed by atoms with van der Waals surface area (Å²) in [5.41, 5.74) is 0.684. The molecule has 2 N–H and O–H groups in total. The lowest BCUT2D eigenvalue weighted by Crippen LogP contribution is -2.55. The number of terminal acetylenes is 1. The first kappa shape index (κ1) is 34.0. The maximum atomic E-state index is 14.3. The van der Waals surface area contributed by atoms with Crippen molar-refractivity contribution in [1.82, 2.24) is 15.5 Å².